The standard InChI is InChI=1S/C15H26N4/c1-19-11-17-15(18-19)8-9-16-14-7-6-12-4-2-3-5-13(12)10-14/h11-14,16H,2-10H2,1H3. The normalized spacial score (nSPS) is 31.1. The molecule has 2 saturated carbocycles. The van der Waals surface area contributed by atoms with E-state index in [-0.39, 0.29) is 0 Å². The van der Waals surface area contributed by atoms with Crippen LogP contribution in [0.5, 0.6) is 0 Å². The fourth-order valence-electron chi connectivity index (χ4n) is 3.95. The molecule has 1 aromatic heterocycles. The average Bonchev–Trinajstić information content (AvgIpc) is 2.84. The first-order valence-corrected chi connectivity index (χ1v) is 7.89. The van der Waals surface area contributed by atoms with E-state index in [0.29, 0.717) is 0 Å². The highest BCUT2D eigenvalue weighted by Gasteiger charge is 2.31. The van der Waals surface area contributed by atoms with Gasteiger partial charge in [-0.25, -0.2) is 4.98 Å². The van der Waals surface area contributed by atoms with E-state index in [9.17, 15) is 0 Å². The van der Waals surface area contributed by atoms with Crippen LogP contribution in [0.2, 0.25) is 0 Å². The van der Waals surface area contributed by atoms with Gasteiger partial charge in [-0.1, -0.05) is 25.7 Å². The highest BCUT2D eigenvalue weighted by atomic mass is 15.3. The predicted molar refractivity (Wildman–Crippen MR) is 75.8 cm³/mol. The topological polar surface area (TPSA) is 42.7 Å². The molecule has 0 radical (unpaired) electrons. The minimum atomic E-state index is 0.739. The monoisotopic (exact) mass is 262 g/mol. The van der Waals surface area contributed by atoms with Gasteiger partial charge >= 0.3 is 0 Å². The Morgan fingerprint density at radius 2 is 2.05 bits per heavy atom. The Labute approximate surface area is 116 Å². The summed E-state index contributed by atoms with van der Waals surface area (Å²) in [6, 6.07) is 0.739. The predicted octanol–water partition coefficient (Wildman–Crippen LogP) is 2.31. The highest BCUT2D eigenvalue weighted by molar-refractivity contribution is 4.88. The summed E-state index contributed by atoms with van der Waals surface area (Å²) in [4.78, 5) is 4.28. The zero-order chi connectivity index (χ0) is 13.1. The maximum atomic E-state index is 4.32. The van der Waals surface area contributed by atoms with Gasteiger partial charge in [-0.3, -0.25) is 4.68 Å². The van der Waals surface area contributed by atoms with Gasteiger partial charge in [0.15, 0.2) is 5.82 Å². The second-order valence-electron chi connectivity index (χ2n) is 6.35. The van der Waals surface area contributed by atoms with Crippen molar-refractivity contribution in [2.24, 2.45) is 18.9 Å². The van der Waals surface area contributed by atoms with Gasteiger partial charge in [0.1, 0.15) is 6.33 Å². The summed E-state index contributed by atoms with van der Waals surface area (Å²) in [7, 11) is 1.92. The van der Waals surface area contributed by atoms with Gasteiger partial charge in [0, 0.05) is 26.1 Å². The number of rotatable bonds is 4. The molecule has 1 aromatic rings. The van der Waals surface area contributed by atoms with Crippen LogP contribution >= 0.6 is 0 Å². The van der Waals surface area contributed by atoms with Crippen molar-refractivity contribution >= 4 is 0 Å². The number of aryl methyl sites for hydroxylation is 1. The van der Waals surface area contributed by atoms with Crippen LogP contribution < -0.4 is 5.32 Å². The lowest BCUT2D eigenvalue weighted by molar-refractivity contribution is 0.144. The average molecular weight is 262 g/mol. The summed E-state index contributed by atoms with van der Waals surface area (Å²) in [5.41, 5.74) is 0. The molecular formula is C15H26N4. The fourth-order valence-corrected chi connectivity index (χ4v) is 3.95. The van der Waals surface area contributed by atoms with Crippen LogP contribution in [0.4, 0.5) is 0 Å². The molecule has 4 nitrogen and oxygen atoms in total. The largest absolute Gasteiger partial charge is 0.314 e. The van der Waals surface area contributed by atoms with Crippen molar-refractivity contribution in [1.82, 2.24) is 20.1 Å². The highest BCUT2D eigenvalue weighted by Crippen LogP contribution is 2.40. The molecule has 3 rings (SSSR count). The first kappa shape index (κ1) is 13.1. The molecule has 0 bridgehead atoms. The third-order valence-electron chi connectivity index (χ3n) is 4.97. The van der Waals surface area contributed by atoms with Gasteiger partial charge in [-0.05, 0) is 31.1 Å². The fraction of sp³-hybridized carbons (Fsp3) is 0.867. The van der Waals surface area contributed by atoms with E-state index in [2.05, 4.69) is 15.4 Å². The molecule has 2 aliphatic carbocycles. The van der Waals surface area contributed by atoms with Gasteiger partial charge in [0.25, 0.3) is 0 Å². The molecule has 0 amide bonds. The maximum absolute atomic E-state index is 4.32. The van der Waals surface area contributed by atoms with Crippen LogP contribution in [0.1, 0.15) is 50.8 Å². The summed E-state index contributed by atoms with van der Waals surface area (Å²) in [6.07, 6.45) is 12.9. The smallest absolute Gasteiger partial charge is 0.151 e. The molecule has 19 heavy (non-hydrogen) atoms. The van der Waals surface area contributed by atoms with Crippen LogP contribution in [0.3, 0.4) is 0 Å². The molecule has 0 spiro atoms. The van der Waals surface area contributed by atoms with Crippen molar-refractivity contribution in [2.75, 3.05) is 6.54 Å². The van der Waals surface area contributed by atoms with Crippen molar-refractivity contribution in [3.8, 4) is 0 Å². The number of nitrogens with one attached hydrogen (secondary N) is 1. The van der Waals surface area contributed by atoms with Gasteiger partial charge in [-0.15, -0.1) is 0 Å². The minimum Gasteiger partial charge on any atom is -0.314 e. The van der Waals surface area contributed by atoms with E-state index in [1.165, 1.54) is 44.9 Å². The molecule has 2 aliphatic rings. The molecule has 0 saturated heterocycles. The van der Waals surface area contributed by atoms with Crippen LogP contribution in [-0.4, -0.2) is 27.4 Å². The summed E-state index contributed by atoms with van der Waals surface area (Å²) in [5.74, 6) is 3.01. The molecule has 3 atom stereocenters. The van der Waals surface area contributed by atoms with Crippen LogP contribution in [0.25, 0.3) is 0 Å². The Kier molecular flexibility index (Phi) is 4.16. The molecule has 106 valence electrons. The van der Waals surface area contributed by atoms with Crippen molar-refractivity contribution in [3.63, 3.8) is 0 Å². The second-order valence-corrected chi connectivity index (χ2v) is 6.35. The number of nitrogens with zero attached hydrogens (tertiary/aromatic N) is 3. The quantitative estimate of drug-likeness (QED) is 0.905. The third-order valence-corrected chi connectivity index (χ3v) is 4.97. The first-order chi connectivity index (χ1) is 9.31. The molecule has 0 aliphatic heterocycles. The summed E-state index contributed by atoms with van der Waals surface area (Å²) < 4.78 is 1.78. The molecule has 2 fully saturated rings. The first-order valence-electron chi connectivity index (χ1n) is 7.89. The Morgan fingerprint density at radius 1 is 1.21 bits per heavy atom. The summed E-state index contributed by atoms with van der Waals surface area (Å²) in [6.45, 7) is 1.02. The summed E-state index contributed by atoms with van der Waals surface area (Å²) >= 11 is 0. The molecule has 1 N–H and O–H groups in total. The molecule has 0 aromatic carbocycles. The van der Waals surface area contributed by atoms with Crippen LogP contribution in [-0.2, 0) is 13.5 Å². The van der Waals surface area contributed by atoms with E-state index in [1.54, 1.807) is 11.0 Å². The van der Waals surface area contributed by atoms with Gasteiger partial charge in [-0.2, -0.15) is 5.10 Å². The Morgan fingerprint density at radius 3 is 2.84 bits per heavy atom. The Bertz CT molecular complexity index is 401. The molecule has 1 heterocycles. The van der Waals surface area contributed by atoms with Crippen LogP contribution in [0, 0.1) is 11.8 Å². The lowest BCUT2D eigenvalue weighted by Crippen LogP contribution is -2.39. The SMILES string of the molecule is Cn1cnc(CCNC2CCC3CCCCC3C2)n1. The molecular weight excluding hydrogens is 236 g/mol. The van der Waals surface area contributed by atoms with E-state index < -0.39 is 0 Å². The van der Waals surface area contributed by atoms with Crippen molar-refractivity contribution in [3.05, 3.63) is 12.2 Å². The lowest BCUT2D eigenvalue weighted by Gasteiger charge is -2.39. The van der Waals surface area contributed by atoms with Gasteiger partial charge < -0.3 is 5.32 Å². The lowest BCUT2D eigenvalue weighted by atomic mass is 9.69. The summed E-state index contributed by atoms with van der Waals surface area (Å²) in [5, 5.41) is 8.05. The van der Waals surface area contributed by atoms with Crippen molar-refractivity contribution < 1.29 is 0 Å². The van der Waals surface area contributed by atoms with Crippen LogP contribution in [0.15, 0.2) is 6.33 Å². The third kappa shape index (κ3) is 3.35. The number of hydrogen-bond acceptors (Lipinski definition) is 3. The van der Waals surface area contributed by atoms with E-state index in [4.69, 9.17) is 0 Å². The number of hydrogen-bond donors (Lipinski definition) is 1. The van der Waals surface area contributed by atoms with Crippen molar-refractivity contribution in [1.29, 1.82) is 0 Å². The zero-order valence-corrected chi connectivity index (χ0v) is 12.0. The Balaban J connectivity index is 1.41. The van der Waals surface area contributed by atoms with Gasteiger partial charge in [0.2, 0.25) is 0 Å². The molecule has 4 heteroatoms. The molecule has 3 unspecified atom stereocenters. The van der Waals surface area contributed by atoms with Gasteiger partial charge in [0.05, 0.1) is 0 Å². The number of aromatic nitrogens is 3. The Hall–Kier alpha value is -0.900. The zero-order valence-electron chi connectivity index (χ0n) is 12.0. The second kappa shape index (κ2) is 6.04. The number of fused-ring (bicyclic) bond motifs is 1. The van der Waals surface area contributed by atoms with E-state index in [0.717, 1.165) is 36.7 Å². The minimum absolute atomic E-state index is 0.739. The van der Waals surface area contributed by atoms with E-state index in [1.807, 2.05) is 7.05 Å². The van der Waals surface area contributed by atoms with E-state index >= 15 is 0 Å². The van der Waals surface area contributed by atoms with Crippen molar-refractivity contribution in [2.45, 2.75) is 57.4 Å². The maximum Gasteiger partial charge on any atom is 0.151 e.